The Morgan fingerprint density at radius 3 is 2.36 bits per heavy atom. The summed E-state index contributed by atoms with van der Waals surface area (Å²) in [5, 5.41) is 0. The number of rotatable bonds is 9. The summed E-state index contributed by atoms with van der Waals surface area (Å²) in [5.74, 6) is -1.73. The second-order valence-electron chi connectivity index (χ2n) is 6.26. The topological polar surface area (TPSA) is 106 Å². The number of carbonyl (C=O) groups excluding carboxylic acids is 1. The van der Waals surface area contributed by atoms with E-state index in [1.807, 2.05) is 44.2 Å². The lowest BCUT2D eigenvalue weighted by molar-refractivity contribution is -0.121. The van der Waals surface area contributed by atoms with Crippen LogP contribution in [0.1, 0.15) is 32.3 Å². The van der Waals surface area contributed by atoms with Gasteiger partial charge >= 0.3 is 0 Å². The maximum Gasteiger partial charge on any atom is 0.221 e. The summed E-state index contributed by atoms with van der Waals surface area (Å²) in [5.41, 5.74) is 12.3. The molecule has 0 radical (unpaired) electrons. The second kappa shape index (κ2) is 8.47. The molecule has 6 heteroatoms. The average Bonchev–Trinajstić information content (AvgIpc) is 2.44. The first-order valence-corrected chi connectivity index (χ1v) is 9.54. The molecular weight excluding hydrogens is 299 g/mol. The predicted molar refractivity (Wildman–Crippen MR) is 89.6 cm³/mol. The van der Waals surface area contributed by atoms with Gasteiger partial charge in [0.05, 0.1) is 5.78 Å². The van der Waals surface area contributed by atoms with Crippen LogP contribution in [0.25, 0.3) is 0 Å². The Morgan fingerprint density at radius 2 is 1.86 bits per heavy atom. The molecule has 0 aliphatic rings. The van der Waals surface area contributed by atoms with Crippen molar-refractivity contribution in [2.75, 3.05) is 6.16 Å². The van der Waals surface area contributed by atoms with Gasteiger partial charge < -0.3 is 16.4 Å². The maximum atomic E-state index is 12.5. The Bertz CT molecular complexity index is 519. The van der Waals surface area contributed by atoms with Gasteiger partial charge in [-0.05, 0) is 30.7 Å². The molecule has 0 fully saturated rings. The molecule has 0 spiro atoms. The minimum Gasteiger partial charge on any atom is -0.369 e. The fraction of sp³-hybridized carbons (Fsp3) is 0.562. The van der Waals surface area contributed by atoms with Crippen LogP contribution >= 0.6 is 7.37 Å². The van der Waals surface area contributed by atoms with Crippen LogP contribution in [-0.2, 0) is 15.8 Å². The van der Waals surface area contributed by atoms with E-state index in [9.17, 15) is 14.3 Å². The molecule has 5 nitrogen and oxygen atoms in total. The number of benzene rings is 1. The van der Waals surface area contributed by atoms with E-state index in [0.717, 1.165) is 5.56 Å². The van der Waals surface area contributed by atoms with Crippen molar-refractivity contribution in [1.82, 2.24) is 0 Å². The van der Waals surface area contributed by atoms with E-state index in [1.54, 1.807) is 0 Å². The molecule has 1 amide bonds. The molecule has 0 bridgehead atoms. The molecule has 1 unspecified atom stereocenters. The van der Waals surface area contributed by atoms with Crippen molar-refractivity contribution in [3.63, 3.8) is 0 Å². The van der Waals surface area contributed by atoms with E-state index in [0.29, 0.717) is 19.3 Å². The van der Waals surface area contributed by atoms with Crippen molar-refractivity contribution in [1.29, 1.82) is 0 Å². The van der Waals surface area contributed by atoms with Crippen LogP contribution in [0.15, 0.2) is 30.3 Å². The molecule has 1 aromatic carbocycles. The first-order valence-electron chi connectivity index (χ1n) is 7.62. The fourth-order valence-electron chi connectivity index (χ4n) is 2.46. The summed E-state index contributed by atoms with van der Waals surface area (Å²) in [7, 11) is -3.61. The van der Waals surface area contributed by atoms with E-state index in [4.69, 9.17) is 11.5 Å². The molecule has 0 aliphatic heterocycles. The molecule has 1 aromatic rings. The monoisotopic (exact) mass is 326 g/mol. The van der Waals surface area contributed by atoms with E-state index in [-0.39, 0.29) is 12.1 Å². The lowest BCUT2D eigenvalue weighted by atomic mass is 9.98. The van der Waals surface area contributed by atoms with Gasteiger partial charge in [-0.15, -0.1) is 0 Å². The Balaban J connectivity index is 2.63. The zero-order chi connectivity index (χ0) is 16.8. The second-order valence-corrected chi connectivity index (χ2v) is 8.80. The number of hydrogen-bond donors (Lipinski definition) is 3. The summed E-state index contributed by atoms with van der Waals surface area (Å²) in [6.07, 6.45) is 1.42. The van der Waals surface area contributed by atoms with Crippen molar-refractivity contribution in [3.8, 4) is 0 Å². The number of nitrogens with two attached hydrogens (primary N) is 2. The van der Waals surface area contributed by atoms with Crippen molar-refractivity contribution < 1.29 is 14.3 Å². The number of hydrogen-bond acceptors (Lipinski definition) is 3. The lowest BCUT2D eigenvalue weighted by Gasteiger charge is -2.24. The zero-order valence-electron chi connectivity index (χ0n) is 13.3. The highest BCUT2D eigenvalue weighted by Crippen LogP contribution is 2.48. The Labute approximate surface area is 132 Å². The maximum absolute atomic E-state index is 12.5. The summed E-state index contributed by atoms with van der Waals surface area (Å²) in [4.78, 5) is 21.7. The smallest absolute Gasteiger partial charge is 0.221 e. The van der Waals surface area contributed by atoms with Crippen LogP contribution < -0.4 is 11.5 Å². The molecule has 0 aliphatic carbocycles. The van der Waals surface area contributed by atoms with Gasteiger partial charge in [-0.2, -0.15) is 0 Å². The molecule has 5 N–H and O–H groups in total. The summed E-state index contributed by atoms with van der Waals surface area (Å²) in [6.45, 7) is 3.90. The van der Waals surface area contributed by atoms with Crippen LogP contribution in [0.3, 0.4) is 0 Å². The fourth-order valence-corrected chi connectivity index (χ4v) is 4.23. The predicted octanol–water partition coefficient (Wildman–Crippen LogP) is 2.32. The summed E-state index contributed by atoms with van der Waals surface area (Å²) in [6, 6.07) is 9.68. The molecular formula is C16H27N2O3P. The minimum atomic E-state index is -3.61. The van der Waals surface area contributed by atoms with Crippen LogP contribution in [0.2, 0.25) is 0 Å². The molecule has 0 saturated carbocycles. The van der Waals surface area contributed by atoms with Crippen LogP contribution in [-0.4, -0.2) is 22.7 Å². The Morgan fingerprint density at radius 1 is 1.27 bits per heavy atom. The molecule has 0 heterocycles. The Kier molecular flexibility index (Phi) is 7.27. The van der Waals surface area contributed by atoms with Gasteiger partial charge in [-0.1, -0.05) is 44.2 Å². The highest BCUT2D eigenvalue weighted by molar-refractivity contribution is 7.58. The van der Waals surface area contributed by atoms with Gasteiger partial charge in [0.15, 0.2) is 0 Å². The Hall–Kier alpha value is -1.16. The summed E-state index contributed by atoms with van der Waals surface area (Å²) >= 11 is 0. The number of aryl methyl sites for hydroxylation is 1. The van der Waals surface area contributed by atoms with E-state index in [1.165, 1.54) is 0 Å². The SMILES string of the molecule is CC(C)C[C@@H](CP(=O)(O)[C@@H](N)CCc1ccccc1)C(N)=O. The highest BCUT2D eigenvalue weighted by Gasteiger charge is 2.33. The number of amides is 1. The third-order valence-electron chi connectivity index (χ3n) is 3.73. The standard InChI is InChI=1S/C16H27N2O3P/c1-12(2)10-14(16(18)19)11-22(20,21)15(17)9-8-13-6-4-3-5-7-13/h3-7,12,14-15H,8-11,17H2,1-2H3,(H2,18,19)(H,20,21)/t14-,15+/m0/s1. The summed E-state index contributed by atoms with van der Waals surface area (Å²) < 4.78 is 12.5. The first-order chi connectivity index (χ1) is 10.2. The van der Waals surface area contributed by atoms with Crippen molar-refractivity contribution in [3.05, 3.63) is 35.9 Å². The number of primary amides is 1. The van der Waals surface area contributed by atoms with Crippen molar-refractivity contribution in [2.45, 2.75) is 38.9 Å². The van der Waals surface area contributed by atoms with Crippen LogP contribution in [0.5, 0.6) is 0 Å². The zero-order valence-corrected chi connectivity index (χ0v) is 14.2. The highest BCUT2D eigenvalue weighted by atomic mass is 31.2. The average molecular weight is 326 g/mol. The first kappa shape index (κ1) is 18.9. The molecule has 3 atom stereocenters. The molecule has 22 heavy (non-hydrogen) atoms. The third-order valence-corrected chi connectivity index (χ3v) is 5.99. The van der Waals surface area contributed by atoms with Gasteiger partial charge in [0.2, 0.25) is 13.3 Å². The third kappa shape index (κ3) is 6.30. The van der Waals surface area contributed by atoms with Crippen LogP contribution in [0.4, 0.5) is 0 Å². The minimum absolute atomic E-state index is 0.129. The molecule has 0 aromatic heterocycles. The van der Waals surface area contributed by atoms with Gasteiger partial charge in [-0.25, -0.2) is 0 Å². The normalized spacial score (nSPS) is 17.0. The van der Waals surface area contributed by atoms with E-state index in [2.05, 4.69) is 0 Å². The van der Waals surface area contributed by atoms with Crippen molar-refractivity contribution >= 4 is 13.3 Å². The van der Waals surface area contributed by atoms with Crippen molar-refractivity contribution in [2.24, 2.45) is 23.3 Å². The van der Waals surface area contributed by atoms with Gasteiger partial charge in [-0.3, -0.25) is 9.36 Å². The quantitative estimate of drug-likeness (QED) is 0.605. The van der Waals surface area contributed by atoms with Crippen LogP contribution in [0, 0.1) is 11.8 Å². The van der Waals surface area contributed by atoms with Gasteiger partial charge in [0.1, 0.15) is 0 Å². The number of carbonyl (C=O) groups is 1. The molecule has 0 saturated heterocycles. The van der Waals surface area contributed by atoms with E-state index >= 15 is 0 Å². The molecule has 1 rings (SSSR count). The van der Waals surface area contributed by atoms with E-state index < -0.39 is 25.0 Å². The van der Waals surface area contributed by atoms with Gasteiger partial charge in [0.25, 0.3) is 0 Å². The molecule has 124 valence electrons. The largest absolute Gasteiger partial charge is 0.369 e. The lowest BCUT2D eigenvalue weighted by Crippen LogP contribution is -2.31. The van der Waals surface area contributed by atoms with Gasteiger partial charge in [0, 0.05) is 12.1 Å².